The molecule has 0 aliphatic carbocycles. The van der Waals surface area contributed by atoms with Crippen molar-refractivity contribution in [1.29, 1.82) is 0 Å². The van der Waals surface area contributed by atoms with E-state index < -0.39 is 6.04 Å². The highest BCUT2D eigenvalue weighted by atomic mass is 16.3. The Morgan fingerprint density at radius 3 is 2.65 bits per heavy atom. The van der Waals surface area contributed by atoms with E-state index in [4.69, 9.17) is 4.42 Å². The molecule has 6 nitrogen and oxygen atoms in total. The van der Waals surface area contributed by atoms with Crippen molar-refractivity contribution in [2.24, 2.45) is 0 Å². The standard InChI is InChI=1S/C14H18N2O4/c1-4-6-16(11-8-12(17)15(3)14(11)19)13(18)10-5-7-20-9(10)2/h5,7,11H,4,6,8H2,1-3H3/t11-/m0/s1. The topological polar surface area (TPSA) is 70.8 Å². The SMILES string of the molecule is CCCN(C(=O)c1ccoc1C)[C@H]1CC(=O)N(C)C1=O. The lowest BCUT2D eigenvalue weighted by molar-refractivity contribution is -0.137. The molecule has 2 rings (SSSR count). The highest BCUT2D eigenvalue weighted by Crippen LogP contribution is 2.21. The van der Waals surface area contributed by atoms with Crippen LogP contribution in [0.4, 0.5) is 0 Å². The Labute approximate surface area is 117 Å². The monoisotopic (exact) mass is 278 g/mol. The average Bonchev–Trinajstić information content (AvgIpc) is 2.95. The molecule has 0 radical (unpaired) electrons. The Morgan fingerprint density at radius 1 is 1.50 bits per heavy atom. The van der Waals surface area contributed by atoms with Gasteiger partial charge >= 0.3 is 0 Å². The number of likely N-dealkylation sites (tertiary alicyclic amines) is 1. The van der Waals surface area contributed by atoms with Crippen molar-refractivity contribution in [3.05, 3.63) is 23.7 Å². The molecule has 1 fully saturated rings. The maximum atomic E-state index is 12.5. The molecule has 1 aliphatic heterocycles. The Kier molecular flexibility index (Phi) is 3.92. The van der Waals surface area contributed by atoms with Crippen LogP contribution in [0.25, 0.3) is 0 Å². The van der Waals surface area contributed by atoms with Crippen molar-refractivity contribution >= 4 is 17.7 Å². The summed E-state index contributed by atoms with van der Waals surface area (Å²) in [4.78, 5) is 38.8. The molecule has 20 heavy (non-hydrogen) atoms. The van der Waals surface area contributed by atoms with Crippen molar-refractivity contribution in [2.45, 2.75) is 32.7 Å². The highest BCUT2D eigenvalue weighted by Gasteiger charge is 2.41. The van der Waals surface area contributed by atoms with Crippen LogP contribution in [0.2, 0.25) is 0 Å². The summed E-state index contributed by atoms with van der Waals surface area (Å²) in [5.41, 5.74) is 0.438. The number of hydrogen-bond acceptors (Lipinski definition) is 4. The molecule has 0 N–H and O–H groups in total. The third-order valence-corrected chi connectivity index (χ3v) is 3.55. The number of carbonyl (C=O) groups excluding carboxylic acids is 3. The van der Waals surface area contributed by atoms with E-state index in [-0.39, 0.29) is 24.1 Å². The van der Waals surface area contributed by atoms with Crippen molar-refractivity contribution in [1.82, 2.24) is 9.80 Å². The first-order valence-electron chi connectivity index (χ1n) is 6.62. The second kappa shape index (κ2) is 5.48. The largest absolute Gasteiger partial charge is 0.469 e. The molecule has 0 saturated carbocycles. The molecule has 0 unspecified atom stereocenters. The van der Waals surface area contributed by atoms with Gasteiger partial charge in [-0.25, -0.2) is 0 Å². The number of nitrogens with zero attached hydrogens (tertiary/aromatic N) is 2. The number of likely N-dealkylation sites (N-methyl/N-ethyl adjacent to an activating group) is 1. The van der Waals surface area contributed by atoms with Crippen LogP contribution in [-0.2, 0) is 9.59 Å². The number of rotatable bonds is 4. The molecule has 0 bridgehead atoms. The number of furan rings is 1. The molecule has 0 spiro atoms. The summed E-state index contributed by atoms with van der Waals surface area (Å²) in [5, 5.41) is 0. The quantitative estimate of drug-likeness (QED) is 0.776. The molecule has 2 heterocycles. The lowest BCUT2D eigenvalue weighted by atomic mass is 10.1. The van der Waals surface area contributed by atoms with Gasteiger partial charge in [0.25, 0.3) is 11.8 Å². The Hall–Kier alpha value is -2.11. The van der Waals surface area contributed by atoms with Crippen LogP contribution in [0, 0.1) is 6.92 Å². The second-order valence-electron chi connectivity index (χ2n) is 4.90. The van der Waals surface area contributed by atoms with Gasteiger partial charge in [0.2, 0.25) is 5.91 Å². The Balaban J connectivity index is 2.28. The van der Waals surface area contributed by atoms with E-state index in [1.807, 2.05) is 6.92 Å². The van der Waals surface area contributed by atoms with Crippen molar-refractivity contribution < 1.29 is 18.8 Å². The minimum atomic E-state index is -0.700. The summed E-state index contributed by atoms with van der Waals surface area (Å²) in [6, 6.07) is 0.889. The van der Waals surface area contributed by atoms with Gasteiger partial charge in [0.15, 0.2) is 0 Å². The molecule has 0 aromatic carbocycles. The molecule has 3 amide bonds. The molecular weight excluding hydrogens is 260 g/mol. The highest BCUT2D eigenvalue weighted by molar-refractivity contribution is 6.08. The van der Waals surface area contributed by atoms with Gasteiger partial charge in [0.05, 0.1) is 18.2 Å². The van der Waals surface area contributed by atoms with Crippen LogP contribution in [0.15, 0.2) is 16.7 Å². The van der Waals surface area contributed by atoms with Crippen LogP contribution in [0.1, 0.15) is 35.9 Å². The summed E-state index contributed by atoms with van der Waals surface area (Å²) in [7, 11) is 1.45. The lowest BCUT2D eigenvalue weighted by Gasteiger charge is -2.26. The van der Waals surface area contributed by atoms with Gasteiger partial charge in [0.1, 0.15) is 11.8 Å². The van der Waals surface area contributed by atoms with Gasteiger partial charge in [-0.2, -0.15) is 0 Å². The molecule has 6 heteroatoms. The summed E-state index contributed by atoms with van der Waals surface area (Å²) < 4.78 is 5.14. The fraction of sp³-hybridized carbons (Fsp3) is 0.500. The first-order chi connectivity index (χ1) is 9.47. The zero-order chi connectivity index (χ0) is 14.9. The zero-order valence-corrected chi connectivity index (χ0v) is 11.9. The van der Waals surface area contributed by atoms with Crippen LogP contribution < -0.4 is 0 Å². The second-order valence-corrected chi connectivity index (χ2v) is 4.90. The van der Waals surface area contributed by atoms with E-state index in [0.29, 0.717) is 24.3 Å². The first kappa shape index (κ1) is 14.3. The number of hydrogen-bond donors (Lipinski definition) is 0. The average molecular weight is 278 g/mol. The summed E-state index contributed by atoms with van der Waals surface area (Å²) >= 11 is 0. The maximum absolute atomic E-state index is 12.5. The minimum absolute atomic E-state index is 0.0535. The van der Waals surface area contributed by atoms with E-state index in [0.717, 1.165) is 4.90 Å². The summed E-state index contributed by atoms with van der Waals surface area (Å²) in [6.07, 6.45) is 2.21. The van der Waals surface area contributed by atoms with Crippen molar-refractivity contribution in [3.63, 3.8) is 0 Å². The van der Waals surface area contributed by atoms with E-state index >= 15 is 0 Å². The van der Waals surface area contributed by atoms with E-state index in [1.165, 1.54) is 18.2 Å². The summed E-state index contributed by atoms with van der Waals surface area (Å²) in [5.74, 6) is -0.323. The normalized spacial score (nSPS) is 18.8. The smallest absolute Gasteiger partial charge is 0.258 e. The number of aryl methyl sites for hydroxylation is 1. The van der Waals surface area contributed by atoms with Crippen molar-refractivity contribution in [3.8, 4) is 0 Å². The van der Waals surface area contributed by atoms with Gasteiger partial charge in [-0.1, -0.05) is 6.92 Å². The van der Waals surface area contributed by atoms with Gasteiger partial charge in [-0.15, -0.1) is 0 Å². The predicted octanol–water partition coefficient (Wildman–Crippen LogP) is 1.20. The predicted molar refractivity (Wildman–Crippen MR) is 71.0 cm³/mol. The fourth-order valence-electron chi connectivity index (χ4n) is 2.38. The zero-order valence-electron chi connectivity index (χ0n) is 11.9. The Morgan fingerprint density at radius 2 is 2.20 bits per heavy atom. The first-order valence-corrected chi connectivity index (χ1v) is 6.62. The third-order valence-electron chi connectivity index (χ3n) is 3.55. The molecule has 1 aromatic rings. The van der Waals surface area contributed by atoms with E-state index in [9.17, 15) is 14.4 Å². The van der Waals surface area contributed by atoms with Gasteiger partial charge in [-0.3, -0.25) is 19.3 Å². The van der Waals surface area contributed by atoms with Gasteiger partial charge < -0.3 is 9.32 Å². The number of carbonyl (C=O) groups is 3. The van der Waals surface area contributed by atoms with Crippen LogP contribution in [0.3, 0.4) is 0 Å². The Bertz CT molecular complexity index is 549. The summed E-state index contributed by atoms with van der Waals surface area (Å²) in [6.45, 7) is 4.06. The molecule has 1 aliphatic rings. The van der Waals surface area contributed by atoms with Crippen LogP contribution in [0.5, 0.6) is 0 Å². The fourth-order valence-corrected chi connectivity index (χ4v) is 2.38. The molecule has 1 saturated heterocycles. The minimum Gasteiger partial charge on any atom is -0.469 e. The lowest BCUT2D eigenvalue weighted by Crippen LogP contribution is -2.45. The van der Waals surface area contributed by atoms with Crippen molar-refractivity contribution in [2.75, 3.05) is 13.6 Å². The maximum Gasteiger partial charge on any atom is 0.258 e. The number of amides is 3. The van der Waals surface area contributed by atoms with Crippen LogP contribution >= 0.6 is 0 Å². The molecular formula is C14H18N2O4. The number of imide groups is 1. The van der Waals surface area contributed by atoms with E-state index in [2.05, 4.69) is 0 Å². The van der Waals surface area contributed by atoms with Gasteiger partial charge in [0, 0.05) is 13.6 Å². The van der Waals surface area contributed by atoms with Gasteiger partial charge in [-0.05, 0) is 19.4 Å². The van der Waals surface area contributed by atoms with Crippen LogP contribution in [-0.4, -0.2) is 47.2 Å². The third kappa shape index (κ3) is 2.33. The molecule has 1 aromatic heterocycles. The molecule has 1 atom stereocenters. The van der Waals surface area contributed by atoms with E-state index in [1.54, 1.807) is 13.0 Å². The molecule has 108 valence electrons.